The van der Waals surface area contributed by atoms with Gasteiger partial charge in [-0.25, -0.2) is 5.21 Å². The molecule has 2 bridgehead atoms. The molecule has 1 aromatic heterocycles. The first-order valence-corrected chi connectivity index (χ1v) is 10.9. The van der Waals surface area contributed by atoms with E-state index in [0.29, 0.717) is 19.6 Å². The molecule has 3 heterocycles. The lowest BCUT2D eigenvalue weighted by Gasteiger charge is -2.47. The monoisotopic (exact) mass is 486 g/mol. The molecule has 8 nitrogen and oxygen atoms in total. The Morgan fingerprint density at radius 2 is 1.87 bits per heavy atom. The highest BCUT2D eigenvalue weighted by atomic mass is 35.6. The summed E-state index contributed by atoms with van der Waals surface area (Å²) >= 11 is 18.8. The van der Waals surface area contributed by atoms with Gasteiger partial charge in [0.1, 0.15) is 6.17 Å². The Kier molecular flexibility index (Phi) is 6.33. The number of hydrogen-bond donors (Lipinski definition) is 3. The number of amides is 1. The van der Waals surface area contributed by atoms with Crippen molar-refractivity contribution in [3.05, 3.63) is 69.3 Å². The molecule has 2 aromatic rings. The zero-order chi connectivity index (χ0) is 22.3. The number of pyridine rings is 1. The average Bonchev–Trinajstić information content (AvgIpc) is 2.71. The van der Waals surface area contributed by atoms with Crippen molar-refractivity contribution in [1.29, 1.82) is 0 Å². The van der Waals surface area contributed by atoms with Crippen LogP contribution in [0.15, 0.2) is 47.3 Å². The molecule has 4 rings (SSSR count). The number of hydrogen-bond acceptors (Lipinski definition) is 5. The molecule has 0 saturated carbocycles. The Bertz CT molecular complexity index is 1020. The molecule has 4 atom stereocenters. The fraction of sp³-hybridized carbons (Fsp3) is 0.400. The second kappa shape index (κ2) is 8.71. The van der Waals surface area contributed by atoms with Gasteiger partial charge in [-0.2, -0.15) is 5.23 Å². The topological polar surface area (TPSA) is 102 Å². The molecule has 166 valence electrons. The van der Waals surface area contributed by atoms with E-state index in [4.69, 9.17) is 40.0 Å². The van der Waals surface area contributed by atoms with E-state index >= 15 is 0 Å². The molecule has 3 N–H and O–H groups in total. The number of quaternary nitrogens is 1. The minimum Gasteiger partial charge on any atom is -0.595 e. The summed E-state index contributed by atoms with van der Waals surface area (Å²) in [6.07, 6.45) is 0.0355. The number of aromatic nitrogens is 1. The molecule has 0 aliphatic carbocycles. The number of carbonyl (C=O) groups is 1. The fourth-order valence-corrected chi connectivity index (χ4v) is 5.07. The Labute approximate surface area is 193 Å². The van der Waals surface area contributed by atoms with E-state index in [1.54, 1.807) is 12.1 Å². The maximum atomic E-state index is 12.8. The van der Waals surface area contributed by atoms with E-state index in [9.17, 15) is 14.8 Å². The number of alkyl halides is 3. The maximum Gasteiger partial charge on any atom is 0.252 e. The molecule has 2 aliphatic heterocycles. The number of benzene rings is 1. The van der Waals surface area contributed by atoms with Crippen molar-refractivity contribution in [2.24, 2.45) is 5.92 Å². The van der Waals surface area contributed by atoms with Crippen LogP contribution in [0.1, 0.15) is 28.4 Å². The summed E-state index contributed by atoms with van der Waals surface area (Å²) in [7, 11) is 0. The van der Waals surface area contributed by atoms with Crippen LogP contribution in [-0.4, -0.2) is 43.6 Å². The summed E-state index contributed by atoms with van der Waals surface area (Å²) in [5, 5.41) is 21.8. The minimum atomic E-state index is -1.79. The smallest absolute Gasteiger partial charge is 0.252 e. The highest BCUT2D eigenvalue weighted by Gasteiger charge is 2.44. The van der Waals surface area contributed by atoms with Crippen molar-refractivity contribution >= 4 is 46.4 Å². The third kappa shape index (κ3) is 4.75. The van der Waals surface area contributed by atoms with Crippen molar-refractivity contribution < 1.29 is 15.2 Å². The van der Waals surface area contributed by atoms with Crippen molar-refractivity contribution in [2.45, 2.75) is 28.8 Å². The minimum absolute atomic E-state index is 0.0170. The Morgan fingerprint density at radius 3 is 2.52 bits per heavy atom. The SMILES string of the molecule is O=C(NC(N1CC2C[C@@H](C1)Cn1c2cccc1=O)C(Cl)(Cl)Cl)c1ccc([NH+]([O-])O)cc1. The summed E-state index contributed by atoms with van der Waals surface area (Å²) < 4.78 is 0.0156. The summed E-state index contributed by atoms with van der Waals surface area (Å²) in [5.41, 5.74) is 1.27. The molecule has 1 saturated heterocycles. The molecule has 0 spiro atoms. The van der Waals surface area contributed by atoms with E-state index in [2.05, 4.69) is 5.32 Å². The van der Waals surface area contributed by atoms with Crippen molar-refractivity contribution in [2.75, 3.05) is 13.1 Å². The molecule has 31 heavy (non-hydrogen) atoms. The lowest BCUT2D eigenvalue weighted by molar-refractivity contribution is -0.991. The largest absolute Gasteiger partial charge is 0.595 e. The zero-order valence-electron chi connectivity index (χ0n) is 16.3. The summed E-state index contributed by atoms with van der Waals surface area (Å²) in [5.74, 6) is -0.198. The Morgan fingerprint density at radius 1 is 1.16 bits per heavy atom. The Hall–Kier alpha value is -1.65. The fourth-order valence-electron chi connectivity index (χ4n) is 4.50. The van der Waals surface area contributed by atoms with Gasteiger partial charge in [0.2, 0.25) is 3.79 Å². The van der Waals surface area contributed by atoms with E-state index in [1.807, 2.05) is 15.5 Å². The number of piperidine rings is 1. The molecular weight excluding hydrogens is 467 g/mol. The molecule has 11 heteroatoms. The van der Waals surface area contributed by atoms with Crippen molar-refractivity contribution in [3.8, 4) is 0 Å². The second-order valence-corrected chi connectivity index (χ2v) is 10.3. The maximum absolute atomic E-state index is 12.8. The molecule has 3 unspecified atom stereocenters. The number of halogens is 3. The molecule has 2 aliphatic rings. The van der Waals surface area contributed by atoms with E-state index < -0.39 is 21.1 Å². The van der Waals surface area contributed by atoms with Crippen LogP contribution < -0.4 is 16.1 Å². The number of nitrogens with one attached hydrogen (secondary N) is 2. The third-order valence-electron chi connectivity index (χ3n) is 5.85. The number of fused-ring (bicyclic) bond motifs is 4. The molecule has 1 aromatic carbocycles. The van der Waals surface area contributed by atoms with Crippen LogP contribution in [0.5, 0.6) is 0 Å². The quantitative estimate of drug-likeness (QED) is 0.451. The first-order valence-electron chi connectivity index (χ1n) is 9.78. The number of nitrogens with zero attached hydrogens (tertiary/aromatic N) is 2. The van der Waals surface area contributed by atoms with Crippen LogP contribution in [0.4, 0.5) is 5.69 Å². The Balaban J connectivity index is 1.55. The predicted octanol–water partition coefficient (Wildman–Crippen LogP) is 1.80. The average molecular weight is 488 g/mol. The standard InChI is InChI=1S/C20H21Cl3N4O4/c21-20(22,23)19(24-18(29)13-4-6-15(7-5-13)27(30)31)25-9-12-8-14(11-25)16-2-1-3-17(28)26(16)10-12/h1-7,12,14,19,27,30H,8-11H2,(H,24,29)/t12-,14?,19?/m0/s1. The summed E-state index contributed by atoms with van der Waals surface area (Å²) in [6, 6.07) is 10.8. The van der Waals surface area contributed by atoms with Gasteiger partial charge in [0, 0.05) is 55.0 Å². The van der Waals surface area contributed by atoms with Crippen LogP contribution in [0.3, 0.4) is 0 Å². The van der Waals surface area contributed by atoms with Crippen LogP contribution in [0.25, 0.3) is 0 Å². The second-order valence-electron chi connectivity index (χ2n) is 7.95. The molecule has 1 fully saturated rings. The predicted molar refractivity (Wildman–Crippen MR) is 117 cm³/mol. The van der Waals surface area contributed by atoms with E-state index in [0.717, 1.165) is 12.1 Å². The first-order chi connectivity index (χ1) is 14.6. The van der Waals surface area contributed by atoms with E-state index in [-0.39, 0.29) is 28.6 Å². The zero-order valence-corrected chi connectivity index (χ0v) is 18.6. The van der Waals surface area contributed by atoms with E-state index in [1.165, 1.54) is 24.3 Å². The van der Waals surface area contributed by atoms with Gasteiger partial charge in [-0.3, -0.25) is 14.5 Å². The van der Waals surface area contributed by atoms with Crippen LogP contribution >= 0.6 is 34.8 Å². The normalized spacial score (nSPS) is 23.0. The van der Waals surface area contributed by atoms with Crippen LogP contribution in [0.2, 0.25) is 0 Å². The molecule has 1 amide bonds. The lowest BCUT2D eigenvalue weighted by Crippen LogP contribution is -2.99. The van der Waals surface area contributed by atoms with Gasteiger partial charge >= 0.3 is 0 Å². The molecule has 0 radical (unpaired) electrons. The van der Waals surface area contributed by atoms with Crippen molar-refractivity contribution in [1.82, 2.24) is 14.8 Å². The van der Waals surface area contributed by atoms with Gasteiger partial charge in [0.15, 0.2) is 5.69 Å². The first kappa shape index (κ1) is 22.5. The van der Waals surface area contributed by atoms with Crippen LogP contribution in [0, 0.1) is 11.1 Å². The van der Waals surface area contributed by atoms with Gasteiger partial charge in [-0.15, -0.1) is 0 Å². The summed E-state index contributed by atoms with van der Waals surface area (Å²) in [4.78, 5) is 27.0. The van der Waals surface area contributed by atoms with Gasteiger partial charge in [-0.05, 0) is 30.5 Å². The number of rotatable bonds is 4. The van der Waals surface area contributed by atoms with Gasteiger partial charge < -0.3 is 15.1 Å². The lowest BCUT2D eigenvalue weighted by atomic mass is 9.83. The third-order valence-corrected chi connectivity index (χ3v) is 6.47. The van der Waals surface area contributed by atoms with Crippen LogP contribution in [-0.2, 0) is 6.54 Å². The number of likely N-dealkylation sites (tertiary alicyclic amines) is 1. The number of carbonyl (C=O) groups excluding carboxylic acids is 1. The summed E-state index contributed by atoms with van der Waals surface area (Å²) in [6.45, 7) is 1.67. The van der Waals surface area contributed by atoms with Crippen molar-refractivity contribution in [3.63, 3.8) is 0 Å². The highest BCUT2D eigenvalue weighted by molar-refractivity contribution is 6.68. The van der Waals surface area contributed by atoms with Gasteiger partial charge in [-0.1, -0.05) is 40.9 Å². The molecular formula is C20H21Cl3N4O4. The van der Waals surface area contributed by atoms with Gasteiger partial charge in [0.25, 0.3) is 11.5 Å². The highest BCUT2D eigenvalue weighted by Crippen LogP contribution is 2.40. The van der Waals surface area contributed by atoms with Gasteiger partial charge in [0.05, 0.1) is 0 Å².